The van der Waals surface area contributed by atoms with Crippen molar-refractivity contribution in [2.24, 2.45) is 0 Å². The number of benzene rings is 1. The van der Waals surface area contributed by atoms with E-state index in [2.05, 4.69) is 9.72 Å². The number of imidazole rings is 1. The van der Waals surface area contributed by atoms with E-state index in [1.54, 1.807) is 18.2 Å². The highest BCUT2D eigenvalue weighted by atomic mass is 32.1. The Balaban J connectivity index is 2.10. The first-order valence-electron chi connectivity index (χ1n) is 5.62. The minimum absolute atomic E-state index is 0.140. The lowest BCUT2D eigenvalue weighted by Crippen LogP contribution is -2.03. The first-order chi connectivity index (χ1) is 9.15. The van der Waals surface area contributed by atoms with Crippen molar-refractivity contribution in [1.29, 1.82) is 0 Å². The number of alkyl halides is 2. The van der Waals surface area contributed by atoms with Crippen LogP contribution in [-0.2, 0) is 0 Å². The lowest BCUT2D eigenvalue weighted by Gasteiger charge is -2.08. The fraction of sp³-hybridized carbons (Fsp3) is 0.154. The van der Waals surface area contributed by atoms with Crippen LogP contribution in [0.25, 0.3) is 16.2 Å². The number of para-hydroxylation sites is 1. The Hall–Kier alpha value is -1.95. The summed E-state index contributed by atoms with van der Waals surface area (Å²) in [6.07, 6.45) is 1.83. The standard InChI is InChI=1S/C13H10F2N2OS/c1-8-7-19-13-16-10(6-17(8)13)9-4-2-3-5-11(9)18-12(14)15/h2-7,12H,1H3. The summed E-state index contributed by atoms with van der Waals surface area (Å²) in [6, 6.07) is 6.67. The molecular formula is C13H10F2N2OS. The fourth-order valence-electron chi connectivity index (χ4n) is 1.90. The van der Waals surface area contributed by atoms with Gasteiger partial charge in [-0.15, -0.1) is 11.3 Å². The topological polar surface area (TPSA) is 26.5 Å². The molecule has 0 aliphatic rings. The Bertz CT molecular complexity index is 720. The number of halogens is 2. The first-order valence-corrected chi connectivity index (χ1v) is 6.50. The van der Waals surface area contributed by atoms with Crippen LogP contribution >= 0.6 is 11.3 Å². The average molecular weight is 280 g/mol. The van der Waals surface area contributed by atoms with Gasteiger partial charge in [-0.2, -0.15) is 8.78 Å². The van der Waals surface area contributed by atoms with Crippen molar-refractivity contribution in [1.82, 2.24) is 9.38 Å². The molecule has 0 N–H and O–H groups in total. The van der Waals surface area contributed by atoms with E-state index < -0.39 is 6.61 Å². The van der Waals surface area contributed by atoms with E-state index >= 15 is 0 Å². The number of nitrogens with zero attached hydrogens (tertiary/aromatic N) is 2. The van der Waals surface area contributed by atoms with Crippen molar-refractivity contribution in [2.45, 2.75) is 13.5 Å². The number of rotatable bonds is 3. The zero-order valence-electron chi connectivity index (χ0n) is 10.0. The molecule has 0 unspecified atom stereocenters. The van der Waals surface area contributed by atoms with E-state index in [1.165, 1.54) is 17.4 Å². The van der Waals surface area contributed by atoms with Crippen molar-refractivity contribution >= 4 is 16.3 Å². The minimum Gasteiger partial charge on any atom is -0.434 e. The lowest BCUT2D eigenvalue weighted by atomic mass is 10.1. The number of hydrogen-bond donors (Lipinski definition) is 0. The average Bonchev–Trinajstić information content (AvgIpc) is 2.92. The monoisotopic (exact) mass is 280 g/mol. The molecule has 2 heterocycles. The molecule has 0 bridgehead atoms. The molecule has 0 aliphatic carbocycles. The highest BCUT2D eigenvalue weighted by molar-refractivity contribution is 7.15. The number of ether oxygens (including phenoxy) is 1. The second kappa shape index (κ2) is 4.62. The van der Waals surface area contributed by atoms with Crippen LogP contribution in [0.2, 0.25) is 0 Å². The molecule has 0 amide bonds. The van der Waals surface area contributed by atoms with Crippen LogP contribution in [0.5, 0.6) is 5.75 Å². The van der Waals surface area contributed by atoms with Crippen LogP contribution in [0, 0.1) is 6.92 Å². The van der Waals surface area contributed by atoms with Gasteiger partial charge in [-0.3, -0.25) is 4.40 Å². The Labute approximate surface area is 112 Å². The Morgan fingerprint density at radius 1 is 1.32 bits per heavy atom. The molecule has 2 aromatic heterocycles. The van der Waals surface area contributed by atoms with E-state index in [-0.39, 0.29) is 5.75 Å². The van der Waals surface area contributed by atoms with Crippen LogP contribution in [0.4, 0.5) is 8.78 Å². The molecule has 6 heteroatoms. The molecule has 0 saturated carbocycles. The molecule has 0 radical (unpaired) electrons. The molecule has 19 heavy (non-hydrogen) atoms. The zero-order chi connectivity index (χ0) is 13.4. The highest BCUT2D eigenvalue weighted by Gasteiger charge is 2.14. The van der Waals surface area contributed by atoms with Gasteiger partial charge >= 0.3 is 6.61 Å². The summed E-state index contributed by atoms with van der Waals surface area (Å²) in [6.45, 7) is -0.872. The molecule has 0 aliphatic heterocycles. The van der Waals surface area contributed by atoms with Gasteiger partial charge in [0.25, 0.3) is 0 Å². The summed E-state index contributed by atoms with van der Waals surface area (Å²) in [5.41, 5.74) is 2.26. The van der Waals surface area contributed by atoms with E-state index in [1.807, 2.05) is 22.9 Å². The number of aryl methyl sites for hydroxylation is 1. The molecule has 3 nitrogen and oxygen atoms in total. The second-order valence-electron chi connectivity index (χ2n) is 4.03. The largest absolute Gasteiger partial charge is 0.434 e. The number of hydrogen-bond acceptors (Lipinski definition) is 3. The molecule has 0 fully saturated rings. The third kappa shape index (κ3) is 2.19. The summed E-state index contributed by atoms with van der Waals surface area (Å²) >= 11 is 1.51. The maximum Gasteiger partial charge on any atom is 0.387 e. The summed E-state index contributed by atoms with van der Waals surface area (Å²) in [7, 11) is 0. The highest BCUT2D eigenvalue weighted by Crippen LogP contribution is 2.31. The lowest BCUT2D eigenvalue weighted by molar-refractivity contribution is -0.0494. The Morgan fingerprint density at radius 3 is 2.84 bits per heavy atom. The summed E-state index contributed by atoms with van der Waals surface area (Å²) in [5, 5.41) is 1.99. The molecule has 98 valence electrons. The van der Waals surface area contributed by atoms with Gasteiger partial charge in [0.15, 0.2) is 4.96 Å². The molecule has 0 saturated heterocycles. The third-order valence-corrected chi connectivity index (χ3v) is 3.73. The Kier molecular flexibility index (Phi) is 2.94. The van der Waals surface area contributed by atoms with Crippen molar-refractivity contribution in [2.75, 3.05) is 0 Å². The van der Waals surface area contributed by atoms with Gasteiger partial charge in [-0.1, -0.05) is 12.1 Å². The van der Waals surface area contributed by atoms with Crippen LogP contribution in [0.1, 0.15) is 5.69 Å². The molecular weight excluding hydrogens is 270 g/mol. The first kappa shape index (κ1) is 12.1. The SMILES string of the molecule is Cc1csc2nc(-c3ccccc3OC(F)F)cn12. The van der Waals surface area contributed by atoms with Gasteiger partial charge in [0.05, 0.1) is 5.69 Å². The van der Waals surface area contributed by atoms with E-state index in [4.69, 9.17) is 0 Å². The number of fused-ring (bicyclic) bond motifs is 1. The van der Waals surface area contributed by atoms with E-state index in [0.29, 0.717) is 11.3 Å². The number of thiazole rings is 1. The smallest absolute Gasteiger partial charge is 0.387 e. The van der Waals surface area contributed by atoms with Gasteiger partial charge < -0.3 is 4.74 Å². The zero-order valence-corrected chi connectivity index (χ0v) is 10.8. The summed E-state index contributed by atoms with van der Waals surface area (Å²) in [4.78, 5) is 5.26. The Morgan fingerprint density at radius 2 is 2.11 bits per heavy atom. The van der Waals surface area contributed by atoms with Gasteiger partial charge in [0, 0.05) is 22.8 Å². The molecule has 0 spiro atoms. The third-order valence-electron chi connectivity index (χ3n) is 2.77. The summed E-state index contributed by atoms with van der Waals surface area (Å²) in [5.74, 6) is 0.140. The molecule has 0 atom stereocenters. The van der Waals surface area contributed by atoms with Crippen molar-refractivity contribution in [3.63, 3.8) is 0 Å². The van der Waals surface area contributed by atoms with Crippen molar-refractivity contribution in [3.8, 4) is 17.0 Å². The maximum absolute atomic E-state index is 12.4. The van der Waals surface area contributed by atoms with Crippen molar-refractivity contribution in [3.05, 3.63) is 41.5 Å². The van der Waals surface area contributed by atoms with Crippen molar-refractivity contribution < 1.29 is 13.5 Å². The van der Waals surface area contributed by atoms with Crippen LogP contribution in [0.3, 0.4) is 0 Å². The molecule has 3 aromatic rings. The van der Waals surface area contributed by atoms with E-state index in [0.717, 1.165) is 10.7 Å². The normalized spacial score (nSPS) is 11.4. The molecule has 3 rings (SSSR count). The van der Waals surface area contributed by atoms with Gasteiger partial charge in [0.1, 0.15) is 5.75 Å². The fourth-order valence-corrected chi connectivity index (χ4v) is 2.75. The quantitative estimate of drug-likeness (QED) is 0.725. The number of aromatic nitrogens is 2. The minimum atomic E-state index is -2.84. The summed E-state index contributed by atoms with van der Waals surface area (Å²) < 4.78 is 31.2. The van der Waals surface area contributed by atoms with Crippen LogP contribution in [-0.4, -0.2) is 16.0 Å². The van der Waals surface area contributed by atoms with Crippen LogP contribution < -0.4 is 4.74 Å². The van der Waals surface area contributed by atoms with Gasteiger partial charge in [-0.05, 0) is 19.1 Å². The predicted octanol–water partition coefficient (Wildman–Crippen LogP) is 3.97. The van der Waals surface area contributed by atoms with Gasteiger partial charge in [-0.25, -0.2) is 4.98 Å². The maximum atomic E-state index is 12.4. The van der Waals surface area contributed by atoms with Gasteiger partial charge in [0.2, 0.25) is 0 Å². The van der Waals surface area contributed by atoms with E-state index in [9.17, 15) is 8.78 Å². The second-order valence-corrected chi connectivity index (χ2v) is 4.87. The predicted molar refractivity (Wildman–Crippen MR) is 69.9 cm³/mol. The molecule has 1 aromatic carbocycles. The van der Waals surface area contributed by atoms with Crippen LogP contribution in [0.15, 0.2) is 35.8 Å².